The molecule has 1 atom stereocenters. The number of para-hydroxylation sites is 2. The highest BCUT2D eigenvalue weighted by molar-refractivity contribution is 7.71. The summed E-state index contributed by atoms with van der Waals surface area (Å²) in [5, 5.41) is 6.34. The lowest BCUT2D eigenvalue weighted by molar-refractivity contribution is 0.0743. The van der Waals surface area contributed by atoms with Gasteiger partial charge in [-0.3, -0.25) is 0 Å². The number of ether oxygens (including phenoxy) is 1. The van der Waals surface area contributed by atoms with Crippen LogP contribution in [-0.4, -0.2) is 44.2 Å². The molecular weight excluding hydrogens is 477 g/mol. The van der Waals surface area contributed by atoms with Gasteiger partial charge in [-0.05, 0) is 42.8 Å². The van der Waals surface area contributed by atoms with Crippen molar-refractivity contribution in [2.24, 2.45) is 9.85 Å². The van der Waals surface area contributed by atoms with Crippen LogP contribution in [0.1, 0.15) is 25.0 Å². The van der Waals surface area contributed by atoms with Gasteiger partial charge < -0.3 is 9.64 Å². The molecule has 1 fully saturated rings. The lowest BCUT2D eigenvalue weighted by atomic mass is 9.84. The fourth-order valence-electron chi connectivity index (χ4n) is 5.84. The number of rotatable bonds is 3. The molecule has 3 aliphatic heterocycles. The Morgan fingerprint density at radius 1 is 0.892 bits per heavy atom. The van der Waals surface area contributed by atoms with E-state index in [0.29, 0.717) is 13.2 Å². The number of hydrazone groups is 1. The topological polar surface area (TPSA) is 43.7 Å². The summed E-state index contributed by atoms with van der Waals surface area (Å²) in [5.41, 5.74) is 6.92. The van der Waals surface area contributed by atoms with E-state index in [-0.39, 0.29) is 5.41 Å². The monoisotopic (exact) mass is 511 g/mol. The van der Waals surface area contributed by atoms with Gasteiger partial charge in [-0.2, -0.15) is 5.10 Å². The Morgan fingerprint density at radius 3 is 2.27 bits per heavy atom. The molecule has 190 valence electrons. The third-order valence-corrected chi connectivity index (χ3v) is 11.2. The fraction of sp³-hybridized carbons (Fsp3) is 0.300. The number of hydrogen-bond donors (Lipinski definition) is 0. The Balaban J connectivity index is 1.68. The highest BCUT2D eigenvalue weighted by atomic mass is 31.2. The van der Waals surface area contributed by atoms with Gasteiger partial charge >= 0.3 is 0 Å². The number of fused-ring (bicyclic) bond motifs is 1. The van der Waals surface area contributed by atoms with Crippen molar-refractivity contribution in [3.8, 4) is 0 Å². The van der Waals surface area contributed by atoms with Crippen LogP contribution in [0, 0.1) is 6.92 Å². The Kier molecular flexibility index (Phi) is 6.07. The van der Waals surface area contributed by atoms with Crippen LogP contribution >= 0.6 is 7.36 Å². The van der Waals surface area contributed by atoms with E-state index < -0.39 is 7.36 Å². The number of aryl methyl sites for hydroxylation is 1. The molecular formula is C30H34N5OP. The average Bonchev–Trinajstić information content (AvgIpc) is 3.38. The third-order valence-electron chi connectivity index (χ3n) is 7.64. The van der Waals surface area contributed by atoms with Crippen LogP contribution in [-0.2, 0) is 10.2 Å². The first kappa shape index (κ1) is 24.2. The van der Waals surface area contributed by atoms with Crippen LogP contribution in [0.15, 0.2) is 99.7 Å². The van der Waals surface area contributed by atoms with Crippen LogP contribution in [0.3, 0.4) is 0 Å². The summed E-state index contributed by atoms with van der Waals surface area (Å²) in [6.07, 6.45) is 2.09. The summed E-state index contributed by atoms with van der Waals surface area (Å²) in [5.74, 6) is 0. The number of hydrogen-bond acceptors (Lipinski definition) is 4. The van der Waals surface area contributed by atoms with Gasteiger partial charge in [0.1, 0.15) is 0 Å². The maximum Gasteiger partial charge on any atom is 0.180 e. The van der Waals surface area contributed by atoms with Crippen molar-refractivity contribution in [2.45, 2.75) is 26.2 Å². The van der Waals surface area contributed by atoms with Crippen LogP contribution < -0.4 is 9.68 Å². The summed E-state index contributed by atoms with van der Waals surface area (Å²) in [6.45, 7) is 9.78. The van der Waals surface area contributed by atoms with Gasteiger partial charge in [0.25, 0.3) is 0 Å². The van der Waals surface area contributed by atoms with Crippen LogP contribution in [0.4, 0.5) is 17.1 Å². The van der Waals surface area contributed by atoms with E-state index in [0.717, 1.165) is 24.5 Å². The maximum atomic E-state index is 5.83. The summed E-state index contributed by atoms with van der Waals surface area (Å²) < 4.78 is 16.3. The number of anilines is 2. The molecule has 6 rings (SSSR count). The molecule has 0 N–H and O–H groups in total. The van der Waals surface area contributed by atoms with Gasteiger partial charge in [-0.1, -0.05) is 67.9 Å². The molecule has 1 saturated heterocycles. The molecule has 0 radical (unpaired) electrons. The molecule has 3 aliphatic rings. The Hall–Kier alpha value is -3.18. The first-order valence-corrected chi connectivity index (χ1v) is 14.6. The standard InChI is InChI=1S/C30H34N5OP/c1-23-14-16-24(17-15-23)32-37(34-18-20-36-21-19-34)28(22-31-35(37)25-10-6-5-7-11-25)29-30(2,3)26-12-8-9-13-27(26)33(29)4/h5-17,22H,18-21H2,1-4H3. The van der Waals surface area contributed by atoms with Gasteiger partial charge in [-0.25, -0.2) is 14.2 Å². The van der Waals surface area contributed by atoms with E-state index in [4.69, 9.17) is 14.6 Å². The molecule has 0 bridgehead atoms. The van der Waals surface area contributed by atoms with Crippen molar-refractivity contribution in [3.05, 3.63) is 101 Å². The average molecular weight is 512 g/mol. The van der Waals surface area contributed by atoms with Gasteiger partial charge in [0, 0.05) is 36.9 Å². The van der Waals surface area contributed by atoms with Crippen molar-refractivity contribution in [3.63, 3.8) is 0 Å². The van der Waals surface area contributed by atoms with Gasteiger partial charge in [0.05, 0.1) is 36.1 Å². The number of nitrogens with zero attached hydrogens (tertiary/aromatic N) is 5. The number of benzene rings is 3. The molecule has 1 unspecified atom stereocenters. The molecule has 37 heavy (non-hydrogen) atoms. The number of allylic oxidation sites excluding steroid dienone is 2. The van der Waals surface area contributed by atoms with Gasteiger partial charge in [-0.15, -0.1) is 0 Å². The first-order valence-electron chi connectivity index (χ1n) is 12.9. The summed E-state index contributed by atoms with van der Waals surface area (Å²) >= 11 is 0. The second-order valence-corrected chi connectivity index (χ2v) is 13.1. The lowest BCUT2D eigenvalue weighted by Crippen LogP contribution is -2.38. The molecule has 3 heterocycles. The van der Waals surface area contributed by atoms with E-state index in [1.807, 2.05) is 0 Å². The number of likely N-dealkylation sites (N-methyl/N-ethyl adjacent to an activating group) is 1. The Morgan fingerprint density at radius 2 is 1.57 bits per heavy atom. The van der Waals surface area contributed by atoms with Crippen molar-refractivity contribution < 1.29 is 4.74 Å². The van der Waals surface area contributed by atoms with E-state index in [9.17, 15) is 0 Å². The zero-order valence-corrected chi connectivity index (χ0v) is 22.9. The second kappa shape index (κ2) is 9.29. The highest BCUT2D eigenvalue weighted by Gasteiger charge is 2.49. The van der Waals surface area contributed by atoms with Crippen molar-refractivity contribution in [2.75, 3.05) is 43.0 Å². The van der Waals surface area contributed by atoms with Crippen LogP contribution in [0.5, 0.6) is 0 Å². The molecule has 3 aromatic carbocycles. The normalized spacial score (nSPS) is 25.0. The van der Waals surface area contributed by atoms with E-state index in [2.05, 4.69) is 127 Å². The smallest absolute Gasteiger partial charge is 0.180 e. The van der Waals surface area contributed by atoms with E-state index in [1.165, 1.54) is 27.8 Å². The molecule has 6 nitrogen and oxygen atoms in total. The highest BCUT2D eigenvalue weighted by Crippen LogP contribution is 2.70. The van der Waals surface area contributed by atoms with Crippen molar-refractivity contribution >= 4 is 30.6 Å². The maximum absolute atomic E-state index is 5.83. The molecule has 7 heteroatoms. The zero-order valence-electron chi connectivity index (χ0n) is 22.0. The quantitative estimate of drug-likeness (QED) is 0.351. The summed E-state index contributed by atoms with van der Waals surface area (Å²) in [4.78, 5) is 2.37. The van der Waals surface area contributed by atoms with E-state index >= 15 is 0 Å². The first-order chi connectivity index (χ1) is 17.9. The van der Waals surface area contributed by atoms with E-state index in [1.54, 1.807) is 0 Å². The minimum Gasteiger partial charge on any atom is -0.379 e. The minimum absolute atomic E-state index is 0.195. The molecule has 0 spiro atoms. The zero-order chi connectivity index (χ0) is 25.6. The van der Waals surface area contributed by atoms with Gasteiger partial charge in [0.15, 0.2) is 7.36 Å². The second-order valence-electron chi connectivity index (χ2n) is 10.4. The molecule has 0 aromatic heterocycles. The molecule has 0 amide bonds. The van der Waals surface area contributed by atoms with Crippen molar-refractivity contribution in [1.29, 1.82) is 0 Å². The van der Waals surface area contributed by atoms with Crippen LogP contribution in [0.25, 0.3) is 0 Å². The summed E-state index contributed by atoms with van der Waals surface area (Å²) in [6, 6.07) is 27.8. The third kappa shape index (κ3) is 3.86. The van der Waals surface area contributed by atoms with Gasteiger partial charge in [0.2, 0.25) is 0 Å². The van der Waals surface area contributed by atoms with Crippen LogP contribution in [0.2, 0.25) is 0 Å². The fourth-order valence-corrected chi connectivity index (χ4v) is 9.66. The lowest BCUT2D eigenvalue weighted by Gasteiger charge is -2.42. The SMILES string of the molecule is Cc1ccc(N=P2(N3CCOCC3)C(=C3N(C)c4ccccc4C3(C)C)C=NN2c2ccccc2)cc1. The Bertz CT molecular complexity index is 1420. The largest absolute Gasteiger partial charge is 0.379 e. The molecule has 0 saturated carbocycles. The molecule has 3 aromatic rings. The van der Waals surface area contributed by atoms with Crippen molar-refractivity contribution in [1.82, 2.24) is 4.67 Å². The summed E-state index contributed by atoms with van der Waals surface area (Å²) in [7, 11) is -0.380. The Labute approximate surface area is 220 Å². The molecule has 0 aliphatic carbocycles. The number of morpholine rings is 1. The predicted molar refractivity (Wildman–Crippen MR) is 155 cm³/mol. The minimum atomic E-state index is -2.57. The predicted octanol–water partition coefficient (Wildman–Crippen LogP) is 7.14.